The maximum absolute atomic E-state index is 11.7. The normalized spacial score (nSPS) is 12.4. The van der Waals surface area contributed by atoms with Crippen LogP contribution in [0.15, 0.2) is 40.9 Å². The molecule has 2 aromatic carbocycles. The van der Waals surface area contributed by atoms with Gasteiger partial charge in [0.05, 0.1) is 17.2 Å². The molecule has 7 nitrogen and oxygen atoms in total. The molecule has 2 amide bonds. The predicted molar refractivity (Wildman–Crippen MR) is 102 cm³/mol. The van der Waals surface area contributed by atoms with Crippen molar-refractivity contribution in [1.82, 2.24) is 15.0 Å². The largest absolute Gasteiger partial charge is 0.493 e. The van der Waals surface area contributed by atoms with Gasteiger partial charge in [0.1, 0.15) is 5.75 Å². The smallest absolute Gasteiger partial charge is 0.321 e. The van der Waals surface area contributed by atoms with Gasteiger partial charge in [-0.15, -0.1) is 0 Å². The number of anilines is 1. The SMILES string of the molecule is CN(C)C(=O)Nc1ccc(-c2nc(-c3ccc4c(c3)CCO4)no2)c(Cl)c1. The quantitative estimate of drug-likeness (QED) is 0.735. The van der Waals surface area contributed by atoms with Crippen molar-refractivity contribution in [3.8, 4) is 28.6 Å². The third kappa shape index (κ3) is 3.46. The Kier molecular flexibility index (Phi) is 4.45. The maximum Gasteiger partial charge on any atom is 0.321 e. The number of nitrogens with one attached hydrogen (secondary N) is 1. The fourth-order valence-electron chi connectivity index (χ4n) is 2.78. The first-order valence-corrected chi connectivity index (χ1v) is 8.77. The zero-order valence-electron chi connectivity index (χ0n) is 14.8. The molecule has 138 valence electrons. The van der Waals surface area contributed by atoms with E-state index in [9.17, 15) is 4.79 Å². The summed E-state index contributed by atoms with van der Waals surface area (Å²) in [7, 11) is 3.33. The van der Waals surface area contributed by atoms with Crippen LogP contribution in [0, 0.1) is 0 Å². The molecule has 3 aromatic rings. The van der Waals surface area contributed by atoms with Crippen LogP contribution in [0.25, 0.3) is 22.8 Å². The monoisotopic (exact) mass is 384 g/mol. The van der Waals surface area contributed by atoms with Crippen LogP contribution in [-0.4, -0.2) is 41.8 Å². The molecule has 0 saturated carbocycles. The van der Waals surface area contributed by atoms with E-state index in [4.69, 9.17) is 20.9 Å². The second-order valence-corrected chi connectivity index (χ2v) is 6.77. The van der Waals surface area contributed by atoms with Crippen LogP contribution in [0.5, 0.6) is 5.75 Å². The Labute approximate surface area is 160 Å². The Hall–Kier alpha value is -3.06. The number of hydrogen-bond acceptors (Lipinski definition) is 5. The second kappa shape index (κ2) is 6.92. The van der Waals surface area contributed by atoms with Gasteiger partial charge in [0.25, 0.3) is 5.89 Å². The number of amides is 2. The molecule has 0 radical (unpaired) electrons. The number of ether oxygens (including phenoxy) is 1. The van der Waals surface area contributed by atoms with E-state index in [2.05, 4.69) is 15.5 Å². The van der Waals surface area contributed by atoms with Crippen molar-refractivity contribution in [3.63, 3.8) is 0 Å². The molecule has 0 fully saturated rings. The van der Waals surface area contributed by atoms with E-state index in [0.717, 1.165) is 23.3 Å². The lowest BCUT2D eigenvalue weighted by Gasteiger charge is -2.12. The summed E-state index contributed by atoms with van der Waals surface area (Å²) in [5, 5.41) is 7.21. The first-order valence-electron chi connectivity index (χ1n) is 8.39. The van der Waals surface area contributed by atoms with E-state index in [1.54, 1.807) is 32.3 Å². The highest BCUT2D eigenvalue weighted by Crippen LogP contribution is 2.33. The lowest BCUT2D eigenvalue weighted by molar-refractivity contribution is 0.230. The van der Waals surface area contributed by atoms with Crippen molar-refractivity contribution in [2.45, 2.75) is 6.42 Å². The van der Waals surface area contributed by atoms with Crippen LogP contribution >= 0.6 is 11.6 Å². The minimum Gasteiger partial charge on any atom is -0.493 e. The van der Waals surface area contributed by atoms with Crippen LogP contribution in [0.4, 0.5) is 10.5 Å². The molecule has 2 heterocycles. The minimum atomic E-state index is -0.237. The predicted octanol–water partition coefficient (Wildman–Crippen LogP) is 4.09. The highest BCUT2D eigenvalue weighted by Gasteiger charge is 2.17. The number of urea groups is 1. The Morgan fingerprint density at radius 1 is 1.22 bits per heavy atom. The molecular weight excluding hydrogens is 368 g/mol. The number of hydrogen-bond donors (Lipinski definition) is 1. The van der Waals surface area contributed by atoms with E-state index in [0.29, 0.717) is 34.6 Å². The molecule has 1 aliphatic heterocycles. The molecule has 0 spiro atoms. The molecule has 27 heavy (non-hydrogen) atoms. The Balaban J connectivity index is 1.59. The zero-order chi connectivity index (χ0) is 19.0. The number of carbonyl (C=O) groups excluding carboxylic acids is 1. The molecule has 1 aromatic heterocycles. The second-order valence-electron chi connectivity index (χ2n) is 6.36. The Bertz CT molecular complexity index is 1020. The van der Waals surface area contributed by atoms with Gasteiger partial charge in [0.2, 0.25) is 5.82 Å². The third-order valence-electron chi connectivity index (χ3n) is 4.23. The van der Waals surface area contributed by atoms with Gasteiger partial charge >= 0.3 is 6.03 Å². The summed E-state index contributed by atoms with van der Waals surface area (Å²) < 4.78 is 10.9. The Morgan fingerprint density at radius 2 is 2.07 bits per heavy atom. The van der Waals surface area contributed by atoms with E-state index in [-0.39, 0.29) is 6.03 Å². The number of halogens is 1. The molecule has 0 unspecified atom stereocenters. The van der Waals surface area contributed by atoms with E-state index >= 15 is 0 Å². The third-order valence-corrected chi connectivity index (χ3v) is 4.54. The number of nitrogens with zero attached hydrogens (tertiary/aromatic N) is 3. The van der Waals surface area contributed by atoms with Crippen molar-refractivity contribution >= 4 is 23.3 Å². The van der Waals surface area contributed by atoms with Crippen molar-refractivity contribution in [3.05, 3.63) is 47.0 Å². The van der Waals surface area contributed by atoms with Crippen LogP contribution in [0.1, 0.15) is 5.56 Å². The average molecular weight is 385 g/mol. The van der Waals surface area contributed by atoms with Gasteiger partial charge in [-0.1, -0.05) is 16.8 Å². The molecule has 0 aliphatic carbocycles. The topological polar surface area (TPSA) is 80.5 Å². The molecule has 8 heteroatoms. The fourth-order valence-corrected chi connectivity index (χ4v) is 3.04. The first kappa shape index (κ1) is 17.4. The van der Waals surface area contributed by atoms with Crippen LogP contribution < -0.4 is 10.1 Å². The van der Waals surface area contributed by atoms with Gasteiger partial charge in [-0.2, -0.15) is 4.98 Å². The molecule has 1 N–H and O–H groups in total. The fraction of sp³-hybridized carbons (Fsp3) is 0.211. The van der Waals surface area contributed by atoms with Crippen molar-refractivity contribution in [2.75, 3.05) is 26.0 Å². The summed E-state index contributed by atoms with van der Waals surface area (Å²) in [6.45, 7) is 0.697. The van der Waals surface area contributed by atoms with Crippen LogP contribution in [0.3, 0.4) is 0 Å². The summed E-state index contributed by atoms with van der Waals surface area (Å²) in [6.07, 6.45) is 0.875. The lowest BCUT2D eigenvalue weighted by Crippen LogP contribution is -2.27. The molecule has 0 saturated heterocycles. The molecule has 0 atom stereocenters. The summed E-state index contributed by atoms with van der Waals surface area (Å²) >= 11 is 6.35. The van der Waals surface area contributed by atoms with Gasteiger partial charge < -0.3 is 19.5 Å². The molecular formula is C19H17ClN4O3. The average Bonchev–Trinajstić information content (AvgIpc) is 3.30. The van der Waals surface area contributed by atoms with Gasteiger partial charge in [-0.25, -0.2) is 4.79 Å². The minimum absolute atomic E-state index is 0.237. The number of rotatable bonds is 3. The van der Waals surface area contributed by atoms with Gasteiger partial charge in [-0.05, 0) is 42.0 Å². The number of fused-ring (bicyclic) bond motifs is 1. The zero-order valence-corrected chi connectivity index (χ0v) is 15.6. The van der Waals surface area contributed by atoms with Crippen LogP contribution in [0.2, 0.25) is 5.02 Å². The molecule has 4 rings (SSSR count). The number of benzene rings is 2. The molecule has 1 aliphatic rings. The van der Waals surface area contributed by atoms with Crippen LogP contribution in [-0.2, 0) is 6.42 Å². The lowest BCUT2D eigenvalue weighted by atomic mass is 10.1. The maximum atomic E-state index is 11.7. The first-order chi connectivity index (χ1) is 13.0. The highest BCUT2D eigenvalue weighted by atomic mass is 35.5. The standard InChI is InChI=1S/C19H17ClN4O3/c1-24(2)19(25)21-13-4-5-14(15(20)10-13)18-22-17(23-27-18)12-3-6-16-11(9-12)7-8-26-16/h3-6,9-10H,7-8H2,1-2H3,(H,21,25). The summed E-state index contributed by atoms with van der Waals surface area (Å²) in [4.78, 5) is 17.6. The summed E-state index contributed by atoms with van der Waals surface area (Å²) in [5.74, 6) is 1.71. The highest BCUT2D eigenvalue weighted by molar-refractivity contribution is 6.33. The van der Waals surface area contributed by atoms with E-state index in [1.807, 2.05) is 18.2 Å². The molecule has 0 bridgehead atoms. The summed E-state index contributed by atoms with van der Waals surface area (Å²) in [5.41, 5.74) is 3.18. The van der Waals surface area contributed by atoms with Gasteiger partial charge in [0, 0.05) is 31.8 Å². The number of aromatic nitrogens is 2. The number of carbonyl (C=O) groups is 1. The van der Waals surface area contributed by atoms with Gasteiger partial charge in [0.15, 0.2) is 0 Å². The van der Waals surface area contributed by atoms with E-state index < -0.39 is 0 Å². The Morgan fingerprint density at radius 3 is 2.85 bits per heavy atom. The van der Waals surface area contributed by atoms with Crippen molar-refractivity contribution in [2.24, 2.45) is 0 Å². The summed E-state index contributed by atoms with van der Waals surface area (Å²) in [6, 6.07) is 10.7. The van der Waals surface area contributed by atoms with Crippen molar-refractivity contribution < 1.29 is 14.1 Å². The van der Waals surface area contributed by atoms with Crippen molar-refractivity contribution in [1.29, 1.82) is 0 Å². The van der Waals surface area contributed by atoms with E-state index in [1.165, 1.54) is 4.90 Å². The van der Waals surface area contributed by atoms with Gasteiger partial charge in [-0.3, -0.25) is 0 Å².